The van der Waals surface area contributed by atoms with Gasteiger partial charge < -0.3 is 10.1 Å². The molecule has 2 aromatic carbocycles. The lowest BCUT2D eigenvalue weighted by Crippen LogP contribution is -2.52. The summed E-state index contributed by atoms with van der Waals surface area (Å²) in [5.41, 5.74) is 9.91. The zero-order valence-electron chi connectivity index (χ0n) is 21.4. The number of benzene rings is 2. The van der Waals surface area contributed by atoms with Crippen LogP contribution in [0.25, 0.3) is 5.70 Å². The van der Waals surface area contributed by atoms with Crippen LogP contribution in [0.1, 0.15) is 45.9 Å². The van der Waals surface area contributed by atoms with E-state index in [4.69, 9.17) is 9.57 Å². The van der Waals surface area contributed by atoms with Crippen molar-refractivity contribution in [3.8, 4) is 0 Å². The van der Waals surface area contributed by atoms with Gasteiger partial charge in [-0.05, 0) is 35.6 Å². The fraction of sp³-hybridized carbons (Fsp3) is 0.250. The number of nitrogens with one attached hydrogen (secondary N) is 4. The first-order chi connectivity index (χ1) is 18.3. The van der Waals surface area contributed by atoms with Gasteiger partial charge in [0, 0.05) is 0 Å². The standard InChI is InChI=1S/C28H32N4O5S/c1-19(2)16-23(29-28(35)36-17-21-10-6-4-7-11-21)26(33)30-31-27(34)25-15-14-24(38-25)20(3)32-37-18-22-12-8-5-9-13-22/h4-15,19,23,32H,3,16-18H2,1-2H3,(H,29,35)(H,30,33)(H,31,34)/t23-/m0/s1. The number of ether oxygens (including phenoxy) is 1. The second kappa shape index (κ2) is 14.6. The third-order valence-corrected chi connectivity index (χ3v) is 6.38. The first-order valence-corrected chi connectivity index (χ1v) is 12.9. The van der Waals surface area contributed by atoms with Crippen LogP contribution < -0.4 is 21.6 Å². The third kappa shape index (κ3) is 9.38. The highest BCUT2D eigenvalue weighted by Gasteiger charge is 2.23. The van der Waals surface area contributed by atoms with Gasteiger partial charge in [-0.2, -0.15) is 0 Å². The highest BCUT2D eigenvalue weighted by molar-refractivity contribution is 7.15. The fourth-order valence-electron chi connectivity index (χ4n) is 3.33. The lowest BCUT2D eigenvalue weighted by atomic mass is 10.0. The largest absolute Gasteiger partial charge is 0.445 e. The summed E-state index contributed by atoms with van der Waals surface area (Å²) in [6.45, 7) is 8.22. The van der Waals surface area contributed by atoms with Gasteiger partial charge in [0.1, 0.15) is 12.6 Å². The predicted molar refractivity (Wildman–Crippen MR) is 146 cm³/mol. The Bertz CT molecular complexity index is 1210. The van der Waals surface area contributed by atoms with Crippen LogP contribution in [-0.2, 0) is 27.6 Å². The Morgan fingerprint density at radius 2 is 1.45 bits per heavy atom. The van der Waals surface area contributed by atoms with E-state index in [2.05, 4.69) is 28.2 Å². The highest BCUT2D eigenvalue weighted by Crippen LogP contribution is 2.21. The molecule has 0 saturated heterocycles. The van der Waals surface area contributed by atoms with Crippen molar-refractivity contribution in [3.05, 3.63) is 100 Å². The van der Waals surface area contributed by atoms with Gasteiger partial charge in [-0.15, -0.1) is 11.3 Å². The Kier molecular flexibility index (Phi) is 10.9. The number of amides is 3. The van der Waals surface area contributed by atoms with Crippen LogP contribution in [0.3, 0.4) is 0 Å². The van der Waals surface area contributed by atoms with Crippen LogP contribution in [-0.4, -0.2) is 23.9 Å². The van der Waals surface area contributed by atoms with Gasteiger partial charge in [0.2, 0.25) is 0 Å². The molecule has 0 spiro atoms. The lowest BCUT2D eigenvalue weighted by Gasteiger charge is -2.20. The minimum absolute atomic E-state index is 0.0809. The second-order valence-electron chi connectivity index (χ2n) is 8.85. The third-order valence-electron chi connectivity index (χ3n) is 5.23. The van der Waals surface area contributed by atoms with E-state index in [1.54, 1.807) is 12.1 Å². The monoisotopic (exact) mass is 536 g/mol. The normalized spacial score (nSPS) is 11.3. The van der Waals surface area contributed by atoms with Crippen molar-refractivity contribution in [2.45, 2.75) is 39.5 Å². The summed E-state index contributed by atoms with van der Waals surface area (Å²) in [6, 6.07) is 21.4. The number of hydrogen-bond acceptors (Lipinski definition) is 7. The van der Waals surface area contributed by atoms with Crippen LogP contribution in [0.4, 0.5) is 4.79 Å². The van der Waals surface area contributed by atoms with Crippen molar-refractivity contribution in [2.75, 3.05) is 0 Å². The van der Waals surface area contributed by atoms with E-state index >= 15 is 0 Å². The lowest BCUT2D eigenvalue weighted by molar-refractivity contribution is -0.124. The fourth-order valence-corrected chi connectivity index (χ4v) is 4.15. The number of hydrazine groups is 1. The van der Waals surface area contributed by atoms with Gasteiger partial charge in [0.15, 0.2) is 0 Å². The summed E-state index contributed by atoms with van der Waals surface area (Å²) in [7, 11) is 0. The number of carbonyl (C=O) groups excluding carboxylic acids is 3. The molecule has 0 radical (unpaired) electrons. The van der Waals surface area contributed by atoms with E-state index in [1.807, 2.05) is 74.5 Å². The van der Waals surface area contributed by atoms with E-state index in [0.29, 0.717) is 28.5 Å². The van der Waals surface area contributed by atoms with Crippen molar-refractivity contribution < 1.29 is 24.0 Å². The van der Waals surface area contributed by atoms with Gasteiger partial charge >= 0.3 is 6.09 Å². The molecular weight excluding hydrogens is 504 g/mol. The number of hydrogen-bond donors (Lipinski definition) is 4. The topological polar surface area (TPSA) is 118 Å². The number of alkyl carbamates (subject to hydrolysis) is 1. The van der Waals surface area contributed by atoms with Crippen LogP contribution >= 0.6 is 11.3 Å². The summed E-state index contributed by atoms with van der Waals surface area (Å²) < 4.78 is 5.22. The molecule has 3 amide bonds. The van der Waals surface area contributed by atoms with E-state index < -0.39 is 23.9 Å². The minimum atomic E-state index is -0.886. The summed E-state index contributed by atoms with van der Waals surface area (Å²) >= 11 is 1.19. The number of hydroxylamine groups is 1. The Morgan fingerprint density at radius 3 is 2.08 bits per heavy atom. The van der Waals surface area contributed by atoms with E-state index in [-0.39, 0.29) is 12.5 Å². The number of rotatable bonds is 12. The molecule has 0 saturated carbocycles. The van der Waals surface area contributed by atoms with Crippen molar-refractivity contribution in [1.82, 2.24) is 21.6 Å². The molecule has 3 aromatic rings. The van der Waals surface area contributed by atoms with Gasteiger partial charge in [0.05, 0.1) is 22.1 Å². The first kappa shape index (κ1) is 28.4. The molecule has 0 aliphatic rings. The van der Waals surface area contributed by atoms with Gasteiger partial charge in [-0.1, -0.05) is 81.1 Å². The second-order valence-corrected chi connectivity index (χ2v) is 9.93. The molecule has 0 fully saturated rings. The van der Waals surface area contributed by atoms with Crippen LogP contribution in [0.2, 0.25) is 0 Å². The van der Waals surface area contributed by atoms with Gasteiger partial charge in [-0.25, -0.2) is 4.79 Å². The van der Waals surface area contributed by atoms with E-state index in [9.17, 15) is 14.4 Å². The van der Waals surface area contributed by atoms with Gasteiger partial charge in [0.25, 0.3) is 11.8 Å². The molecule has 38 heavy (non-hydrogen) atoms. The van der Waals surface area contributed by atoms with Crippen molar-refractivity contribution >= 4 is 34.9 Å². The van der Waals surface area contributed by atoms with Crippen molar-refractivity contribution in [3.63, 3.8) is 0 Å². The molecular formula is C28H32N4O5S. The van der Waals surface area contributed by atoms with Crippen LogP contribution in [0.15, 0.2) is 79.4 Å². The quantitative estimate of drug-likeness (QED) is 0.253. The average molecular weight is 537 g/mol. The van der Waals surface area contributed by atoms with Gasteiger partial charge in [-0.3, -0.25) is 30.8 Å². The molecule has 0 aliphatic heterocycles. The highest BCUT2D eigenvalue weighted by atomic mass is 32.1. The molecule has 10 heteroatoms. The summed E-state index contributed by atoms with van der Waals surface area (Å²) in [5.74, 6) is -0.943. The number of carbonyl (C=O) groups is 3. The Morgan fingerprint density at radius 1 is 0.842 bits per heavy atom. The molecule has 200 valence electrons. The minimum Gasteiger partial charge on any atom is -0.445 e. The maximum atomic E-state index is 12.7. The molecule has 9 nitrogen and oxygen atoms in total. The maximum Gasteiger partial charge on any atom is 0.408 e. The zero-order chi connectivity index (χ0) is 27.3. The van der Waals surface area contributed by atoms with Crippen molar-refractivity contribution in [2.24, 2.45) is 5.92 Å². The van der Waals surface area contributed by atoms with Crippen LogP contribution in [0.5, 0.6) is 0 Å². The molecule has 0 unspecified atom stereocenters. The molecule has 1 aromatic heterocycles. The van der Waals surface area contributed by atoms with E-state index in [0.717, 1.165) is 11.1 Å². The Labute approximate surface area is 226 Å². The smallest absolute Gasteiger partial charge is 0.408 e. The molecule has 1 atom stereocenters. The first-order valence-electron chi connectivity index (χ1n) is 12.1. The maximum absolute atomic E-state index is 12.7. The Balaban J connectivity index is 1.46. The van der Waals surface area contributed by atoms with Crippen molar-refractivity contribution in [1.29, 1.82) is 0 Å². The zero-order valence-corrected chi connectivity index (χ0v) is 22.2. The molecule has 4 N–H and O–H groups in total. The SMILES string of the molecule is C=C(NOCc1ccccc1)c1ccc(C(=O)NNC(=O)[C@H](CC(C)C)NC(=O)OCc2ccccc2)s1. The van der Waals surface area contributed by atoms with Crippen LogP contribution in [0, 0.1) is 5.92 Å². The summed E-state index contributed by atoms with van der Waals surface area (Å²) in [6.07, 6.45) is -0.357. The number of thiophene rings is 1. The van der Waals surface area contributed by atoms with E-state index in [1.165, 1.54) is 11.3 Å². The summed E-state index contributed by atoms with van der Waals surface area (Å²) in [5, 5.41) is 2.58. The molecule has 0 bridgehead atoms. The molecule has 3 rings (SSSR count). The molecule has 1 heterocycles. The molecule has 0 aliphatic carbocycles. The average Bonchev–Trinajstić information content (AvgIpc) is 3.42. The predicted octanol–water partition coefficient (Wildman–Crippen LogP) is 4.54. The Hall–Kier alpha value is -4.15. The summed E-state index contributed by atoms with van der Waals surface area (Å²) in [4.78, 5) is 44.2.